The van der Waals surface area contributed by atoms with Crippen LogP contribution in [0.2, 0.25) is 0 Å². The monoisotopic (exact) mass is 376 g/mol. The summed E-state index contributed by atoms with van der Waals surface area (Å²) in [4.78, 5) is 13.3. The van der Waals surface area contributed by atoms with Gasteiger partial charge in [0.05, 0.1) is 11.8 Å². The predicted octanol–water partition coefficient (Wildman–Crippen LogP) is 2.36. The lowest BCUT2D eigenvalue weighted by molar-refractivity contribution is -0.0343. The molecule has 0 saturated carbocycles. The number of hydrogen-bond donors (Lipinski definition) is 1. The van der Waals surface area contributed by atoms with Crippen LogP contribution in [0.1, 0.15) is 25.3 Å². The van der Waals surface area contributed by atoms with E-state index in [-0.39, 0.29) is 31.9 Å². The third kappa shape index (κ3) is 5.64. The van der Waals surface area contributed by atoms with E-state index in [1.807, 2.05) is 10.8 Å². The number of carbonyl (C=O) groups excluding carboxylic acids is 1. The highest BCUT2D eigenvalue weighted by molar-refractivity contribution is 7.89. The molecule has 1 saturated heterocycles. The van der Waals surface area contributed by atoms with Crippen molar-refractivity contribution in [3.8, 4) is 0 Å². The lowest BCUT2D eigenvalue weighted by Crippen LogP contribution is -2.47. The summed E-state index contributed by atoms with van der Waals surface area (Å²) in [5, 5.41) is 0. The minimum Gasteiger partial charge on any atom is -0.445 e. The van der Waals surface area contributed by atoms with Crippen molar-refractivity contribution in [1.29, 1.82) is 0 Å². The van der Waals surface area contributed by atoms with Crippen LogP contribution in [0.5, 0.6) is 0 Å². The maximum Gasteiger partial charge on any atom is 0.410 e. The molecule has 0 spiro atoms. The summed E-state index contributed by atoms with van der Waals surface area (Å²) in [6, 6.07) is 7.50. The maximum atomic E-state index is 14.2. The molecule has 0 unspecified atom stereocenters. The Hall–Kier alpha value is -1.74. The van der Waals surface area contributed by atoms with Crippen LogP contribution in [0.15, 0.2) is 30.3 Å². The molecule has 25 heavy (non-hydrogen) atoms. The number of hydrogen-bond acceptors (Lipinski definition) is 4. The predicted molar refractivity (Wildman–Crippen MR) is 88.8 cm³/mol. The number of ether oxygens (including phenoxy) is 1. The Morgan fingerprint density at radius 1 is 1.32 bits per heavy atom. The molecule has 1 fully saturated rings. The Labute approximate surface area is 146 Å². The third-order valence-corrected chi connectivity index (χ3v) is 5.48. The molecule has 0 bridgehead atoms. The van der Waals surface area contributed by atoms with Crippen LogP contribution in [0.3, 0.4) is 0 Å². The molecule has 1 amide bonds. The van der Waals surface area contributed by atoms with Gasteiger partial charge in [0.25, 0.3) is 5.92 Å². The fraction of sp³-hybridized carbons (Fsp3) is 0.562. The van der Waals surface area contributed by atoms with Gasteiger partial charge in [0.2, 0.25) is 10.0 Å². The lowest BCUT2D eigenvalue weighted by Gasteiger charge is -2.24. The van der Waals surface area contributed by atoms with E-state index in [1.165, 1.54) is 11.8 Å². The molecule has 1 aliphatic rings. The van der Waals surface area contributed by atoms with Gasteiger partial charge in [-0.1, -0.05) is 30.3 Å². The highest BCUT2D eigenvalue weighted by Crippen LogP contribution is 2.29. The highest BCUT2D eigenvalue weighted by atomic mass is 32.2. The van der Waals surface area contributed by atoms with Crippen molar-refractivity contribution in [2.75, 3.05) is 18.8 Å². The normalized spacial score (nSPS) is 20.8. The average molecular weight is 376 g/mol. The van der Waals surface area contributed by atoms with Crippen molar-refractivity contribution in [3.05, 3.63) is 35.9 Å². The Bertz CT molecular complexity index is 683. The Kier molecular flexibility index (Phi) is 6.34. The van der Waals surface area contributed by atoms with Gasteiger partial charge in [0, 0.05) is 19.5 Å². The van der Waals surface area contributed by atoms with E-state index < -0.39 is 34.5 Å². The molecule has 0 aliphatic carbocycles. The largest absolute Gasteiger partial charge is 0.445 e. The van der Waals surface area contributed by atoms with Crippen LogP contribution in [0.25, 0.3) is 0 Å². The number of benzene rings is 1. The summed E-state index contributed by atoms with van der Waals surface area (Å²) < 4.78 is 58.7. The lowest BCUT2D eigenvalue weighted by atomic mass is 10.1. The van der Waals surface area contributed by atoms with E-state index in [2.05, 4.69) is 0 Å². The highest BCUT2D eigenvalue weighted by Gasteiger charge is 2.44. The summed E-state index contributed by atoms with van der Waals surface area (Å²) in [6.07, 6.45) is -1.48. The number of carbonyl (C=O) groups is 1. The molecular weight excluding hydrogens is 354 g/mol. The quantitative estimate of drug-likeness (QED) is 0.856. The van der Waals surface area contributed by atoms with Gasteiger partial charge in [-0.3, -0.25) is 0 Å². The van der Waals surface area contributed by atoms with E-state index >= 15 is 0 Å². The molecule has 1 N–H and O–H groups in total. The minimum absolute atomic E-state index is 0.000113. The van der Waals surface area contributed by atoms with Crippen molar-refractivity contribution in [2.45, 2.75) is 38.3 Å². The maximum absolute atomic E-state index is 14.2. The zero-order chi connectivity index (χ0) is 18.5. The first-order valence-corrected chi connectivity index (χ1v) is 9.72. The van der Waals surface area contributed by atoms with Gasteiger partial charge < -0.3 is 9.64 Å². The number of sulfonamides is 1. The number of nitrogens with one attached hydrogen (secondary N) is 1. The molecule has 1 aliphatic heterocycles. The number of nitrogens with zero attached hydrogens (tertiary/aromatic N) is 1. The first kappa shape index (κ1) is 19.6. The fourth-order valence-electron chi connectivity index (χ4n) is 2.50. The molecule has 140 valence electrons. The summed E-state index contributed by atoms with van der Waals surface area (Å²) in [6.45, 7) is 1.24. The van der Waals surface area contributed by atoms with Crippen LogP contribution in [0, 0.1) is 0 Å². The zero-order valence-corrected chi connectivity index (χ0v) is 14.8. The SMILES string of the molecule is CCS(=O)(=O)N[C@@H]1CCN(C(=O)OCc2ccccc2)CCC1(F)F. The molecule has 2 rings (SSSR count). The molecule has 1 heterocycles. The van der Waals surface area contributed by atoms with Gasteiger partial charge in [0.15, 0.2) is 0 Å². The van der Waals surface area contributed by atoms with Crippen LogP contribution >= 0.6 is 0 Å². The van der Waals surface area contributed by atoms with Crippen LogP contribution in [-0.4, -0.2) is 50.2 Å². The molecule has 6 nitrogen and oxygen atoms in total. The zero-order valence-electron chi connectivity index (χ0n) is 14.0. The van der Waals surface area contributed by atoms with E-state index in [0.29, 0.717) is 0 Å². The fourth-order valence-corrected chi connectivity index (χ4v) is 3.39. The van der Waals surface area contributed by atoms with Gasteiger partial charge in [-0.15, -0.1) is 0 Å². The molecule has 1 aromatic carbocycles. The molecule has 0 radical (unpaired) electrons. The number of likely N-dealkylation sites (tertiary alicyclic amines) is 1. The first-order valence-electron chi connectivity index (χ1n) is 8.07. The molecule has 1 atom stereocenters. The number of rotatable bonds is 5. The van der Waals surface area contributed by atoms with Crippen LogP contribution < -0.4 is 4.72 Å². The minimum atomic E-state index is -3.76. The summed E-state index contributed by atoms with van der Waals surface area (Å²) in [5.41, 5.74) is 0.796. The Morgan fingerprint density at radius 2 is 2.00 bits per heavy atom. The van der Waals surface area contributed by atoms with E-state index in [9.17, 15) is 22.0 Å². The number of alkyl halides is 2. The summed E-state index contributed by atoms with van der Waals surface area (Å²) >= 11 is 0. The third-order valence-electron chi connectivity index (χ3n) is 4.08. The Morgan fingerprint density at radius 3 is 2.64 bits per heavy atom. The molecule has 9 heteroatoms. The molecule has 0 aromatic heterocycles. The summed E-state index contributed by atoms with van der Waals surface area (Å²) in [7, 11) is -3.76. The Balaban J connectivity index is 1.95. The second-order valence-corrected chi connectivity index (χ2v) is 7.94. The van der Waals surface area contributed by atoms with Crippen molar-refractivity contribution in [1.82, 2.24) is 9.62 Å². The number of halogens is 2. The second kappa shape index (κ2) is 8.09. The van der Waals surface area contributed by atoms with Gasteiger partial charge in [-0.2, -0.15) is 0 Å². The van der Waals surface area contributed by atoms with Crippen molar-refractivity contribution < 1.29 is 26.7 Å². The summed E-state index contributed by atoms with van der Waals surface area (Å²) in [5.74, 6) is -3.50. The van der Waals surface area contributed by atoms with Gasteiger partial charge >= 0.3 is 6.09 Å². The van der Waals surface area contributed by atoms with E-state index in [0.717, 1.165) is 5.56 Å². The van der Waals surface area contributed by atoms with Crippen LogP contribution in [-0.2, 0) is 21.4 Å². The van der Waals surface area contributed by atoms with Crippen molar-refractivity contribution in [2.24, 2.45) is 0 Å². The van der Waals surface area contributed by atoms with Gasteiger partial charge in [-0.25, -0.2) is 26.7 Å². The standard InChI is InChI=1S/C16H22F2N2O4S/c1-2-25(22,23)19-14-8-10-20(11-9-16(14,17)18)15(21)24-12-13-6-4-3-5-7-13/h3-7,14,19H,2,8-12H2,1H3/t14-/m1/s1. The van der Waals surface area contributed by atoms with Crippen molar-refractivity contribution >= 4 is 16.1 Å². The van der Waals surface area contributed by atoms with Gasteiger partial charge in [-0.05, 0) is 18.9 Å². The molecular formula is C16H22F2N2O4S. The van der Waals surface area contributed by atoms with E-state index in [1.54, 1.807) is 24.3 Å². The topological polar surface area (TPSA) is 75.7 Å². The molecule has 1 aromatic rings. The van der Waals surface area contributed by atoms with Crippen molar-refractivity contribution in [3.63, 3.8) is 0 Å². The van der Waals surface area contributed by atoms with E-state index in [4.69, 9.17) is 4.74 Å². The number of amides is 1. The second-order valence-electron chi connectivity index (χ2n) is 5.90. The van der Waals surface area contributed by atoms with Crippen LogP contribution in [0.4, 0.5) is 13.6 Å². The smallest absolute Gasteiger partial charge is 0.410 e. The average Bonchev–Trinajstić information content (AvgIpc) is 2.73. The first-order chi connectivity index (χ1) is 11.7. The van der Waals surface area contributed by atoms with Gasteiger partial charge in [0.1, 0.15) is 6.61 Å².